The van der Waals surface area contributed by atoms with Crippen LogP contribution in [0.1, 0.15) is 40.2 Å². The van der Waals surface area contributed by atoms with Crippen LogP contribution < -0.4 is 5.32 Å². The lowest BCUT2D eigenvalue weighted by molar-refractivity contribution is 0.0912. The topological polar surface area (TPSA) is 67.2 Å². The highest BCUT2D eigenvalue weighted by Gasteiger charge is 2.27. The Hall–Kier alpha value is -2.58. The second-order valence-corrected chi connectivity index (χ2v) is 6.10. The molecule has 0 fully saturated rings. The standard InChI is InChI=1S/C19H21N3O2/c1-3-7-14(23)12-20-19(24)18-15-9-6-11-17(15)22(21-18)16-10-5-4-8-13(16)2/h1,4-5,8,10,14,23H,6-7,9,11-12H2,2H3,(H,20,24)/t14-/m0/s1. The van der Waals surface area contributed by atoms with Crippen LogP contribution >= 0.6 is 0 Å². The minimum absolute atomic E-state index is 0.134. The molecule has 0 aliphatic heterocycles. The van der Waals surface area contributed by atoms with Gasteiger partial charge in [-0.1, -0.05) is 18.2 Å². The van der Waals surface area contributed by atoms with Crippen LogP contribution in [-0.2, 0) is 12.8 Å². The van der Waals surface area contributed by atoms with Gasteiger partial charge < -0.3 is 10.4 Å². The van der Waals surface area contributed by atoms with Crippen LogP contribution in [0.4, 0.5) is 0 Å². The first-order valence-corrected chi connectivity index (χ1v) is 8.18. The van der Waals surface area contributed by atoms with Gasteiger partial charge in [0.2, 0.25) is 0 Å². The van der Waals surface area contributed by atoms with E-state index in [1.807, 2.05) is 35.9 Å². The first-order chi connectivity index (χ1) is 11.6. The van der Waals surface area contributed by atoms with Gasteiger partial charge in [0.05, 0.1) is 11.8 Å². The summed E-state index contributed by atoms with van der Waals surface area (Å²) in [7, 11) is 0. The first-order valence-electron chi connectivity index (χ1n) is 8.18. The summed E-state index contributed by atoms with van der Waals surface area (Å²) in [6, 6.07) is 8.01. The molecular formula is C19H21N3O2. The lowest BCUT2D eigenvalue weighted by Gasteiger charge is -2.09. The normalized spacial score (nSPS) is 14.0. The Kier molecular flexibility index (Phi) is 4.68. The summed E-state index contributed by atoms with van der Waals surface area (Å²) in [5.41, 5.74) is 4.70. The maximum atomic E-state index is 12.5. The smallest absolute Gasteiger partial charge is 0.272 e. The minimum atomic E-state index is -0.731. The number of benzene rings is 1. The van der Waals surface area contributed by atoms with Gasteiger partial charge >= 0.3 is 0 Å². The molecule has 0 saturated heterocycles. The quantitative estimate of drug-likeness (QED) is 0.824. The zero-order chi connectivity index (χ0) is 17.1. The Balaban J connectivity index is 1.88. The fraction of sp³-hybridized carbons (Fsp3) is 0.368. The summed E-state index contributed by atoms with van der Waals surface area (Å²) in [5.74, 6) is 2.13. The summed E-state index contributed by atoms with van der Waals surface area (Å²) in [4.78, 5) is 12.5. The van der Waals surface area contributed by atoms with Crippen LogP contribution in [-0.4, -0.2) is 33.4 Å². The largest absolute Gasteiger partial charge is 0.390 e. The number of fused-ring (bicyclic) bond motifs is 1. The monoisotopic (exact) mass is 323 g/mol. The van der Waals surface area contributed by atoms with Gasteiger partial charge in [-0.15, -0.1) is 12.3 Å². The Labute approximate surface area is 141 Å². The van der Waals surface area contributed by atoms with Crippen molar-refractivity contribution in [1.29, 1.82) is 0 Å². The summed E-state index contributed by atoms with van der Waals surface area (Å²) < 4.78 is 1.89. The number of amides is 1. The van der Waals surface area contributed by atoms with Crippen molar-refractivity contribution in [3.8, 4) is 18.0 Å². The number of terminal acetylenes is 1. The highest BCUT2D eigenvalue weighted by Crippen LogP contribution is 2.28. The Morgan fingerprint density at radius 2 is 2.25 bits per heavy atom. The van der Waals surface area contributed by atoms with Crippen molar-refractivity contribution in [1.82, 2.24) is 15.1 Å². The molecule has 124 valence electrons. The average Bonchev–Trinajstić information content (AvgIpc) is 3.16. The van der Waals surface area contributed by atoms with Crippen LogP contribution in [0, 0.1) is 19.3 Å². The van der Waals surface area contributed by atoms with Gasteiger partial charge in [0.25, 0.3) is 5.91 Å². The number of hydrogen-bond acceptors (Lipinski definition) is 3. The molecule has 2 aromatic rings. The van der Waals surface area contributed by atoms with E-state index in [1.165, 1.54) is 0 Å². The van der Waals surface area contributed by atoms with Crippen LogP contribution in [0.15, 0.2) is 24.3 Å². The van der Waals surface area contributed by atoms with Crippen molar-refractivity contribution in [3.05, 3.63) is 46.8 Å². The number of aromatic nitrogens is 2. The molecule has 0 spiro atoms. The maximum absolute atomic E-state index is 12.5. The zero-order valence-electron chi connectivity index (χ0n) is 13.7. The van der Waals surface area contributed by atoms with Gasteiger partial charge in [0, 0.05) is 24.2 Å². The molecule has 0 unspecified atom stereocenters. The molecule has 1 aliphatic carbocycles. The van der Waals surface area contributed by atoms with E-state index in [1.54, 1.807) is 0 Å². The van der Waals surface area contributed by atoms with E-state index in [-0.39, 0.29) is 18.9 Å². The second kappa shape index (κ2) is 6.90. The first kappa shape index (κ1) is 16.3. The van der Waals surface area contributed by atoms with Gasteiger partial charge in [-0.25, -0.2) is 4.68 Å². The van der Waals surface area contributed by atoms with E-state index in [2.05, 4.69) is 16.3 Å². The van der Waals surface area contributed by atoms with Gasteiger partial charge in [-0.3, -0.25) is 4.79 Å². The molecular weight excluding hydrogens is 302 g/mol. The Morgan fingerprint density at radius 1 is 1.46 bits per heavy atom. The number of nitrogens with one attached hydrogen (secondary N) is 1. The lowest BCUT2D eigenvalue weighted by Crippen LogP contribution is -2.32. The third-order valence-corrected chi connectivity index (χ3v) is 4.34. The minimum Gasteiger partial charge on any atom is -0.390 e. The molecule has 2 N–H and O–H groups in total. The predicted octanol–water partition coefficient (Wildman–Crippen LogP) is 1.78. The van der Waals surface area contributed by atoms with Gasteiger partial charge in [-0.05, 0) is 37.8 Å². The molecule has 1 amide bonds. The number of aryl methyl sites for hydroxylation is 1. The second-order valence-electron chi connectivity index (χ2n) is 6.10. The van der Waals surface area contributed by atoms with E-state index >= 15 is 0 Å². The molecule has 1 aliphatic rings. The SMILES string of the molecule is C#CC[C@H](O)CNC(=O)c1nn(-c2ccccc2C)c2c1CCC2. The number of hydrogen-bond donors (Lipinski definition) is 2. The predicted molar refractivity (Wildman–Crippen MR) is 92.1 cm³/mol. The summed E-state index contributed by atoms with van der Waals surface area (Å²) in [6.07, 6.45) is 7.46. The highest BCUT2D eigenvalue weighted by atomic mass is 16.3. The number of rotatable bonds is 5. The van der Waals surface area contributed by atoms with Crippen molar-refractivity contribution in [3.63, 3.8) is 0 Å². The van der Waals surface area contributed by atoms with Crippen molar-refractivity contribution in [2.75, 3.05) is 6.54 Å². The highest BCUT2D eigenvalue weighted by molar-refractivity contribution is 5.94. The molecule has 0 radical (unpaired) electrons. The number of carbonyl (C=O) groups excluding carboxylic acids is 1. The molecule has 24 heavy (non-hydrogen) atoms. The number of nitrogens with zero attached hydrogens (tertiary/aromatic N) is 2. The van der Waals surface area contributed by atoms with Crippen molar-refractivity contribution in [2.24, 2.45) is 0 Å². The van der Waals surface area contributed by atoms with Crippen molar-refractivity contribution >= 4 is 5.91 Å². The van der Waals surface area contributed by atoms with E-state index in [0.717, 1.165) is 41.8 Å². The zero-order valence-corrected chi connectivity index (χ0v) is 13.7. The third kappa shape index (κ3) is 3.06. The molecule has 0 saturated carbocycles. The number of carbonyl (C=O) groups is 1. The summed E-state index contributed by atoms with van der Waals surface area (Å²) in [6.45, 7) is 2.17. The fourth-order valence-corrected chi connectivity index (χ4v) is 3.12. The summed E-state index contributed by atoms with van der Waals surface area (Å²) in [5, 5.41) is 17.0. The Bertz CT molecular complexity index is 801. The van der Waals surface area contributed by atoms with Gasteiger partial charge in [-0.2, -0.15) is 5.10 Å². The van der Waals surface area contributed by atoms with Crippen LogP contribution in [0.5, 0.6) is 0 Å². The molecule has 5 heteroatoms. The van der Waals surface area contributed by atoms with Crippen LogP contribution in [0.3, 0.4) is 0 Å². The van der Waals surface area contributed by atoms with Crippen LogP contribution in [0.25, 0.3) is 5.69 Å². The van der Waals surface area contributed by atoms with E-state index in [4.69, 9.17) is 6.42 Å². The molecule has 1 aromatic heterocycles. The van der Waals surface area contributed by atoms with Crippen molar-refractivity contribution in [2.45, 2.75) is 38.7 Å². The van der Waals surface area contributed by atoms with E-state index < -0.39 is 6.10 Å². The molecule has 5 nitrogen and oxygen atoms in total. The number of aliphatic hydroxyl groups excluding tert-OH is 1. The fourth-order valence-electron chi connectivity index (χ4n) is 3.12. The molecule has 1 aromatic carbocycles. The molecule has 1 heterocycles. The molecule has 3 rings (SSSR count). The maximum Gasteiger partial charge on any atom is 0.272 e. The lowest BCUT2D eigenvalue weighted by atomic mass is 10.1. The number of para-hydroxylation sites is 1. The Morgan fingerprint density at radius 3 is 3.00 bits per heavy atom. The average molecular weight is 323 g/mol. The van der Waals surface area contributed by atoms with E-state index in [0.29, 0.717) is 5.69 Å². The van der Waals surface area contributed by atoms with Gasteiger partial charge in [0.15, 0.2) is 5.69 Å². The van der Waals surface area contributed by atoms with Crippen molar-refractivity contribution < 1.29 is 9.90 Å². The molecule has 0 bridgehead atoms. The summed E-state index contributed by atoms with van der Waals surface area (Å²) >= 11 is 0. The van der Waals surface area contributed by atoms with E-state index in [9.17, 15) is 9.90 Å². The molecule has 1 atom stereocenters. The van der Waals surface area contributed by atoms with Gasteiger partial charge in [0.1, 0.15) is 0 Å². The number of aliphatic hydroxyl groups is 1. The van der Waals surface area contributed by atoms with Crippen LogP contribution in [0.2, 0.25) is 0 Å². The third-order valence-electron chi connectivity index (χ3n) is 4.34.